The fourth-order valence-corrected chi connectivity index (χ4v) is 4.83. The molecule has 0 radical (unpaired) electrons. The maximum absolute atomic E-state index is 9.05. The first-order valence-corrected chi connectivity index (χ1v) is 11.3. The van der Waals surface area contributed by atoms with E-state index in [-0.39, 0.29) is 0 Å². The van der Waals surface area contributed by atoms with Crippen molar-refractivity contribution in [2.45, 2.75) is 71.0 Å². The number of aromatic amines is 2. The maximum atomic E-state index is 9.05. The Bertz CT molecular complexity index is 1030. The van der Waals surface area contributed by atoms with Gasteiger partial charge >= 0.3 is 0 Å². The lowest BCUT2D eigenvalue weighted by atomic mass is 9.88. The minimum atomic E-state index is 0.355. The van der Waals surface area contributed by atoms with Crippen molar-refractivity contribution in [3.63, 3.8) is 0 Å². The van der Waals surface area contributed by atoms with Crippen molar-refractivity contribution in [3.8, 4) is 6.07 Å². The molecule has 0 aromatic carbocycles. The molecule has 0 aliphatic carbocycles. The molecule has 0 amide bonds. The molecule has 4 rings (SSSR count). The number of piperidine rings is 1. The lowest BCUT2D eigenvalue weighted by Crippen LogP contribution is -2.52. The topological polar surface area (TPSA) is 108 Å². The highest BCUT2D eigenvalue weighted by Gasteiger charge is 2.33. The van der Waals surface area contributed by atoms with E-state index in [2.05, 4.69) is 56.7 Å². The fraction of sp³-hybridized carbons (Fsp3) is 0.522. The predicted octanol–water partition coefficient (Wildman–Crippen LogP) is 4.69. The summed E-state index contributed by atoms with van der Waals surface area (Å²) in [6, 6.07) is 9.73. The number of anilines is 3. The Morgan fingerprint density at radius 1 is 1.19 bits per heavy atom. The van der Waals surface area contributed by atoms with Gasteiger partial charge in [-0.15, -0.1) is 0 Å². The van der Waals surface area contributed by atoms with Gasteiger partial charge in [0, 0.05) is 60.5 Å². The Kier molecular flexibility index (Phi) is 6.42. The highest BCUT2D eigenvalue weighted by molar-refractivity contribution is 5.93. The van der Waals surface area contributed by atoms with Crippen molar-refractivity contribution in [1.29, 1.82) is 5.26 Å². The molecule has 2 unspecified atom stereocenters. The van der Waals surface area contributed by atoms with Crippen LogP contribution in [-0.4, -0.2) is 49.7 Å². The highest BCUT2D eigenvalue weighted by Crippen LogP contribution is 2.31. The van der Waals surface area contributed by atoms with Gasteiger partial charge in [-0.1, -0.05) is 13.8 Å². The van der Waals surface area contributed by atoms with E-state index in [4.69, 9.17) is 10.2 Å². The zero-order chi connectivity index (χ0) is 21.8. The average Bonchev–Trinajstić information content (AvgIpc) is 3.40. The zero-order valence-electron chi connectivity index (χ0n) is 18.6. The molecular formula is C23H32N8. The van der Waals surface area contributed by atoms with Crippen LogP contribution in [0.4, 0.5) is 17.5 Å². The number of hydrogen-bond donors (Lipinski definition) is 4. The van der Waals surface area contributed by atoms with Crippen LogP contribution in [0.1, 0.15) is 51.6 Å². The first kappa shape index (κ1) is 21.2. The summed E-state index contributed by atoms with van der Waals surface area (Å²) in [6.07, 6.45) is 6.83. The number of hydrogen-bond acceptors (Lipinski definition) is 6. The molecule has 31 heavy (non-hydrogen) atoms. The van der Waals surface area contributed by atoms with Gasteiger partial charge in [-0.05, 0) is 38.7 Å². The van der Waals surface area contributed by atoms with Gasteiger partial charge in [0.2, 0.25) is 0 Å². The second kappa shape index (κ2) is 9.40. The van der Waals surface area contributed by atoms with Crippen molar-refractivity contribution < 1.29 is 0 Å². The zero-order valence-corrected chi connectivity index (χ0v) is 18.6. The van der Waals surface area contributed by atoms with Gasteiger partial charge < -0.3 is 15.6 Å². The molecule has 8 heteroatoms. The molecule has 1 saturated heterocycles. The number of aromatic nitrogens is 4. The first-order chi connectivity index (χ1) is 15.1. The second-order valence-electron chi connectivity index (χ2n) is 8.44. The SMILES string of the molecule is CCC1CC(Nc2cc3[nH]ccc3c(Nc3cc(C)[nH]n3)n2)CC(CC)N1CCC#N. The quantitative estimate of drug-likeness (QED) is 0.421. The predicted molar refractivity (Wildman–Crippen MR) is 124 cm³/mol. The Morgan fingerprint density at radius 2 is 1.97 bits per heavy atom. The summed E-state index contributed by atoms with van der Waals surface area (Å²) >= 11 is 0. The maximum Gasteiger partial charge on any atom is 0.153 e. The molecule has 3 aromatic rings. The molecule has 8 nitrogen and oxygen atoms in total. The molecular weight excluding hydrogens is 388 g/mol. The van der Waals surface area contributed by atoms with E-state index in [9.17, 15) is 0 Å². The normalized spacial score (nSPS) is 21.8. The van der Waals surface area contributed by atoms with Crippen molar-refractivity contribution in [2.24, 2.45) is 0 Å². The number of H-pyrrole nitrogens is 2. The Balaban J connectivity index is 1.54. The average molecular weight is 421 g/mol. The van der Waals surface area contributed by atoms with Gasteiger partial charge in [0.05, 0.1) is 11.6 Å². The minimum Gasteiger partial charge on any atom is -0.367 e. The van der Waals surface area contributed by atoms with Crippen LogP contribution < -0.4 is 10.6 Å². The van der Waals surface area contributed by atoms with Gasteiger partial charge in [0.15, 0.2) is 5.82 Å². The standard InChI is InChI=1S/C23H32N8/c1-4-17-12-16(13-18(5-2)31(17)10-6-8-24)26-21-14-20-19(7-9-25-20)23(27-21)28-22-11-15(3)29-30-22/h7,9,11,14,16-18,25H,4-6,10,12-13H2,1-3H3,(H3,26,27,28,29,30). The van der Waals surface area contributed by atoms with E-state index in [0.717, 1.165) is 66.3 Å². The molecule has 164 valence electrons. The van der Waals surface area contributed by atoms with Gasteiger partial charge in [-0.25, -0.2) is 4.98 Å². The Morgan fingerprint density at radius 3 is 2.61 bits per heavy atom. The molecule has 0 bridgehead atoms. The van der Waals surface area contributed by atoms with Crippen LogP contribution in [0.2, 0.25) is 0 Å². The van der Waals surface area contributed by atoms with Crippen LogP contribution in [0.3, 0.4) is 0 Å². The summed E-state index contributed by atoms with van der Waals surface area (Å²) in [5, 5.41) is 24.4. The van der Waals surface area contributed by atoms with E-state index < -0.39 is 0 Å². The first-order valence-electron chi connectivity index (χ1n) is 11.3. The van der Waals surface area contributed by atoms with E-state index in [1.54, 1.807) is 0 Å². The van der Waals surface area contributed by atoms with Crippen LogP contribution >= 0.6 is 0 Å². The summed E-state index contributed by atoms with van der Waals surface area (Å²) in [6.45, 7) is 7.34. The molecule has 4 N–H and O–H groups in total. The van der Waals surface area contributed by atoms with Crippen molar-refractivity contribution in [1.82, 2.24) is 25.1 Å². The summed E-state index contributed by atoms with van der Waals surface area (Å²) in [7, 11) is 0. The lowest BCUT2D eigenvalue weighted by molar-refractivity contribution is 0.0735. The third kappa shape index (κ3) is 4.67. The number of aryl methyl sites for hydroxylation is 1. The third-order valence-electron chi connectivity index (χ3n) is 6.33. The third-order valence-corrected chi connectivity index (χ3v) is 6.33. The monoisotopic (exact) mass is 420 g/mol. The summed E-state index contributed by atoms with van der Waals surface area (Å²) in [4.78, 5) is 10.8. The van der Waals surface area contributed by atoms with Crippen LogP contribution in [-0.2, 0) is 0 Å². The molecule has 1 aliphatic heterocycles. The molecule has 1 fully saturated rings. The molecule has 4 heterocycles. The Labute approximate surface area is 183 Å². The van der Waals surface area contributed by atoms with Gasteiger partial charge in [0.1, 0.15) is 11.6 Å². The van der Waals surface area contributed by atoms with Crippen LogP contribution in [0.5, 0.6) is 0 Å². The number of pyridine rings is 1. The molecule has 0 spiro atoms. The largest absolute Gasteiger partial charge is 0.367 e. The highest BCUT2D eigenvalue weighted by atomic mass is 15.2. The van der Waals surface area contributed by atoms with Gasteiger partial charge in [0.25, 0.3) is 0 Å². The number of nitriles is 1. The molecule has 1 aliphatic rings. The second-order valence-corrected chi connectivity index (χ2v) is 8.44. The van der Waals surface area contributed by atoms with E-state index in [1.165, 1.54) is 0 Å². The van der Waals surface area contributed by atoms with E-state index in [1.807, 2.05) is 25.3 Å². The van der Waals surface area contributed by atoms with Gasteiger partial charge in [-0.3, -0.25) is 10.00 Å². The smallest absolute Gasteiger partial charge is 0.153 e. The summed E-state index contributed by atoms with van der Waals surface area (Å²) in [5.74, 6) is 2.41. The number of nitrogens with zero attached hydrogens (tertiary/aromatic N) is 4. The van der Waals surface area contributed by atoms with Crippen LogP contribution in [0.15, 0.2) is 24.4 Å². The van der Waals surface area contributed by atoms with Crippen molar-refractivity contribution in [2.75, 3.05) is 17.2 Å². The Hall–Kier alpha value is -3.05. The molecule has 2 atom stereocenters. The van der Waals surface area contributed by atoms with Crippen molar-refractivity contribution >= 4 is 28.4 Å². The fourth-order valence-electron chi connectivity index (χ4n) is 4.83. The number of rotatable bonds is 8. The van der Waals surface area contributed by atoms with E-state index in [0.29, 0.717) is 24.5 Å². The lowest BCUT2D eigenvalue weighted by Gasteiger charge is -2.45. The minimum absolute atomic E-state index is 0.355. The van der Waals surface area contributed by atoms with E-state index >= 15 is 0 Å². The number of fused-ring (bicyclic) bond motifs is 1. The number of likely N-dealkylation sites (tertiary alicyclic amines) is 1. The summed E-state index contributed by atoms with van der Waals surface area (Å²) < 4.78 is 0. The number of nitrogens with one attached hydrogen (secondary N) is 4. The van der Waals surface area contributed by atoms with Crippen molar-refractivity contribution in [3.05, 3.63) is 30.1 Å². The summed E-state index contributed by atoms with van der Waals surface area (Å²) in [5.41, 5.74) is 2.04. The van der Waals surface area contributed by atoms with Crippen LogP contribution in [0.25, 0.3) is 10.9 Å². The molecule has 3 aromatic heterocycles. The molecule has 0 saturated carbocycles. The van der Waals surface area contributed by atoms with Crippen LogP contribution in [0, 0.1) is 18.3 Å². The van der Waals surface area contributed by atoms with Gasteiger partial charge in [-0.2, -0.15) is 10.4 Å².